The summed E-state index contributed by atoms with van der Waals surface area (Å²) >= 11 is 7.18. The van der Waals surface area contributed by atoms with Gasteiger partial charge in [-0.15, -0.1) is 11.8 Å². The molecule has 2 amide bonds. The Labute approximate surface area is 174 Å². The average Bonchev–Trinajstić information content (AvgIpc) is 2.55. The maximum Gasteiger partial charge on any atom is 0.407 e. The van der Waals surface area contributed by atoms with Gasteiger partial charge in [-0.05, 0) is 27.2 Å². The number of thioether (sulfide) groups is 1. The largest absolute Gasteiger partial charge is 0.444 e. The van der Waals surface area contributed by atoms with Crippen molar-refractivity contribution in [2.75, 3.05) is 37.7 Å². The number of anilines is 1. The number of aliphatic hydroxyl groups is 1. The van der Waals surface area contributed by atoms with Crippen molar-refractivity contribution in [3.8, 4) is 0 Å². The van der Waals surface area contributed by atoms with E-state index in [2.05, 4.69) is 15.3 Å². The highest BCUT2D eigenvalue weighted by Gasteiger charge is 2.16. The van der Waals surface area contributed by atoms with Gasteiger partial charge in [0, 0.05) is 37.9 Å². The lowest BCUT2D eigenvalue weighted by molar-refractivity contribution is -0.131. The summed E-state index contributed by atoms with van der Waals surface area (Å²) in [6, 6.07) is 1.58. The molecule has 0 saturated heterocycles. The number of nitrogens with two attached hydrogens (primary N) is 1. The average molecular weight is 434 g/mol. The number of halogens is 1. The Hall–Kier alpha value is -1.78. The van der Waals surface area contributed by atoms with Crippen molar-refractivity contribution in [2.24, 2.45) is 0 Å². The van der Waals surface area contributed by atoms with Crippen molar-refractivity contribution >= 4 is 41.3 Å². The van der Waals surface area contributed by atoms with Crippen molar-refractivity contribution in [2.45, 2.75) is 44.2 Å². The van der Waals surface area contributed by atoms with E-state index in [-0.39, 0.29) is 36.6 Å². The summed E-state index contributed by atoms with van der Waals surface area (Å²) in [5.74, 6) is 0.483. The molecule has 0 bridgehead atoms. The molecule has 0 aliphatic rings. The highest BCUT2D eigenvalue weighted by atomic mass is 35.5. The number of amides is 2. The SMILES string of the molecule is CC(C)(C)OC(=O)NCCCN(CCO)C(=O)CCSc1cc(Cl)nc(N)n1. The summed E-state index contributed by atoms with van der Waals surface area (Å²) in [5, 5.41) is 12.7. The Morgan fingerprint density at radius 2 is 2.07 bits per heavy atom. The molecule has 28 heavy (non-hydrogen) atoms. The molecule has 1 heterocycles. The number of alkyl carbamates (subject to hydrolysis) is 1. The van der Waals surface area contributed by atoms with Crippen LogP contribution in [0.4, 0.5) is 10.7 Å². The van der Waals surface area contributed by atoms with Crippen LogP contribution in [0.5, 0.6) is 0 Å². The molecule has 1 rings (SSSR count). The Kier molecular flexibility index (Phi) is 10.3. The topological polar surface area (TPSA) is 131 Å². The summed E-state index contributed by atoms with van der Waals surface area (Å²) < 4.78 is 5.15. The molecule has 0 unspecified atom stereocenters. The van der Waals surface area contributed by atoms with Crippen LogP contribution < -0.4 is 11.1 Å². The van der Waals surface area contributed by atoms with E-state index in [9.17, 15) is 14.7 Å². The van der Waals surface area contributed by atoms with Crippen LogP contribution in [-0.2, 0) is 9.53 Å². The molecule has 0 saturated carbocycles. The Morgan fingerprint density at radius 1 is 1.36 bits per heavy atom. The first-order valence-electron chi connectivity index (χ1n) is 8.89. The zero-order valence-corrected chi connectivity index (χ0v) is 18.0. The fraction of sp³-hybridized carbons (Fsp3) is 0.647. The van der Waals surface area contributed by atoms with Crippen LogP contribution in [-0.4, -0.2) is 69.6 Å². The van der Waals surface area contributed by atoms with Crippen molar-refractivity contribution in [3.63, 3.8) is 0 Å². The predicted octanol–water partition coefficient (Wildman–Crippen LogP) is 1.93. The van der Waals surface area contributed by atoms with E-state index in [4.69, 9.17) is 22.1 Å². The molecule has 0 radical (unpaired) electrons. The van der Waals surface area contributed by atoms with Crippen LogP contribution in [0.1, 0.15) is 33.6 Å². The van der Waals surface area contributed by atoms with E-state index >= 15 is 0 Å². The van der Waals surface area contributed by atoms with Gasteiger partial charge in [-0.1, -0.05) is 11.6 Å². The number of nitrogen functional groups attached to an aromatic ring is 1. The molecule has 0 spiro atoms. The molecule has 0 fully saturated rings. The number of carbonyl (C=O) groups excluding carboxylic acids is 2. The third-order valence-electron chi connectivity index (χ3n) is 3.25. The van der Waals surface area contributed by atoms with Crippen molar-refractivity contribution in [1.29, 1.82) is 0 Å². The van der Waals surface area contributed by atoms with Crippen molar-refractivity contribution < 1.29 is 19.4 Å². The summed E-state index contributed by atoms with van der Waals surface area (Å²) in [6.07, 6.45) is 0.328. The number of aromatic nitrogens is 2. The van der Waals surface area contributed by atoms with Crippen LogP contribution in [0.3, 0.4) is 0 Å². The van der Waals surface area contributed by atoms with Gasteiger partial charge >= 0.3 is 6.09 Å². The molecule has 158 valence electrons. The van der Waals surface area contributed by atoms with Gasteiger partial charge in [-0.2, -0.15) is 0 Å². The predicted molar refractivity (Wildman–Crippen MR) is 109 cm³/mol. The first-order valence-corrected chi connectivity index (χ1v) is 10.3. The highest BCUT2D eigenvalue weighted by molar-refractivity contribution is 7.99. The number of ether oxygens (including phenoxy) is 1. The number of hydrogen-bond donors (Lipinski definition) is 3. The van der Waals surface area contributed by atoms with Gasteiger partial charge in [-0.3, -0.25) is 4.79 Å². The lowest BCUT2D eigenvalue weighted by Crippen LogP contribution is -2.37. The third kappa shape index (κ3) is 10.5. The van der Waals surface area contributed by atoms with Gasteiger partial charge in [0.05, 0.1) is 6.61 Å². The number of nitrogens with zero attached hydrogens (tertiary/aromatic N) is 3. The van der Waals surface area contributed by atoms with E-state index in [1.54, 1.807) is 31.7 Å². The van der Waals surface area contributed by atoms with Crippen molar-refractivity contribution in [3.05, 3.63) is 11.2 Å². The van der Waals surface area contributed by atoms with Crippen LogP contribution in [0.25, 0.3) is 0 Å². The first kappa shape index (κ1) is 24.3. The number of hydrogen-bond acceptors (Lipinski definition) is 8. The van der Waals surface area contributed by atoms with Gasteiger partial charge in [-0.25, -0.2) is 14.8 Å². The fourth-order valence-corrected chi connectivity index (χ4v) is 3.24. The minimum atomic E-state index is -0.556. The number of nitrogens with one attached hydrogen (secondary N) is 1. The molecule has 9 nitrogen and oxygen atoms in total. The summed E-state index contributed by atoms with van der Waals surface area (Å²) in [6.45, 7) is 6.27. The maximum absolute atomic E-state index is 12.4. The molecular weight excluding hydrogens is 406 g/mol. The normalized spacial score (nSPS) is 11.2. The summed E-state index contributed by atoms with van der Waals surface area (Å²) in [5.41, 5.74) is 4.98. The third-order valence-corrected chi connectivity index (χ3v) is 4.36. The lowest BCUT2D eigenvalue weighted by atomic mass is 10.2. The van der Waals surface area contributed by atoms with Gasteiger partial charge < -0.3 is 25.8 Å². The van der Waals surface area contributed by atoms with Crippen LogP contribution in [0.15, 0.2) is 11.1 Å². The van der Waals surface area contributed by atoms with Gasteiger partial charge in [0.15, 0.2) is 0 Å². The second kappa shape index (κ2) is 11.9. The van der Waals surface area contributed by atoms with Crippen LogP contribution in [0, 0.1) is 0 Å². The molecule has 1 aromatic rings. The second-order valence-corrected chi connectivity index (χ2v) is 8.37. The monoisotopic (exact) mass is 433 g/mol. The Balaban J connectivity index is 2.36. The van der Waals surface area contributed by atoms with E-state index < -0.39 is 11.7 Å². The molecule has 4 N–H and O–H groups in total. The standard InChI is InChI=1S/C17H28ClN5O4S/c1-17(2,3)27-16(26)20-6-4-7-23(8-9-24)14(25)5-10-28-13-11-12(18)21-15(19)22-13/h11,24H,4-10H2,1-3H3,(H,20,26)(H2,19,21,22). The highest BCUT2D eigenvalue weighted by Crippen LogP contribution is 2.20. The molecular formula is C17H28ClN5O4S. The first-order chi connectivity index (χ1) is 13.1. The maximum atomic E-state index is 12.4. The molecule has 0 aliphatic heterocycles. The number of rotatable bonds is 10. The molecule has 1 aromatic heterocycles. The van der Waals surface area contributed by atoms with E-state index in [0.717, 1.165) is 0 Å². The zero-order valence-electron chi connectivity index (χ0n) is 16.4. The second-order valence-electron chi connectivity index (χ2n) is 6.87. The van der Waals surface area contributed by atoms with Gasteiger partial charge in [0.25, 0.3) is 0 Å². The van der Waals surface area contributed by atoms with Gasteiger partial charge in [0.2, 0.25) is 11.9 Å². The molecule has 0 aromatic carbocycles. The minimum Gasteiger partial charge on any atom is -0.444 e. The smallest absolute Gasteiger partial charge is 0.407 e. The van der Waals surface area contributed by atoms with Gasteiger partial charge in [0.1, 0.15) is 15.8 Å². The lowest BCUT2D eigenvalue weighted by Gasteiger charge is -2.22. The Bertz CT molecular complexity index is 637. The summed E-state index contributed by atoms with van der Waals surface area (Å²) in [7, 11) is 0. The molecule has 11 heteroatoms. The van der Waals surface area contributed by atoms with Crippen LogP contribution in [0.2, 0.25) is 5.15 Å². The number of carbonyl (C=O) groups is 2. The molecule has 0 aliphatic carbocycles. The summed E-state index contributed by atoms with van der Waals surface area (Å²) in [4.78, 5) is 33.4. The fourth-order valence-electron chi connectivity index (χ4n) is 2.15. The van der Waals surface area contributed by atoms with E-state index in [1.165, 1.54) is 11.8 Å². The van der Waals surface area contributed by atoms with Crippen LogP contribution >= 0.6 is 23.4 Å². The number of aliphatic hydroxyl groups excluding tert-OH is 1. The minimum absolute atomic E-state index is 0.0840. The van der Waals surface area contributed by atoms with Crippen molar-refractivity contribution in [1.82, 2.24) is 20.2 Å². The molecule has 0 atom stereocenters. The van der Waals surface area contributed by atoms with E-state index in [1.807, 2.05) is 0 Å². The Morgan fingerprint density at radius 3 is 2.68 bits per heavy atom. The van der Waals surface area contributed by atoms with E-state index in [0.29, 0.717) is 30.3 Å². The zero-order chi connectivity index (χ0) is 21.2. The quantitative estimate of drug-likeness (QED) is 0.290.